The van der Waals surface area contributed by atoms with Crippen molar-refractivity contribution in [3.63, 3.8) is 0 Å². The zero-order chi connectivity index (χ0) is 32.0. The number of hydrogen-bond donors (Lipinski definition) is 0. The van der Waals surface area contributed by atoms with Gasteiger partial charge in [-0.25, -0.2) is 0 Å². The minimum absolute atomic E-state index is 1.08. The summed E-state index contributed by atoms with van der Waals surface area (Å²) in [6.07, 6.45) is 7.12. The average Bonchev–Trinajstić information content (AvgIpc) is 3.79. The molecule has 6 aromatic carbocycles. The Bertz CT molecular complexity index is 3110. The van der Waals surface area contributed by atoms with Crippen LogP contribution >= 0.6 is 0 Å². The lowest BCUT2D eigenvalue weighted by molar-refractivity contribution is 1.08. The summed E-state index contributed by atoms with van der Waals surface area (Å²) < 4.78 is 5.14. The summed E-state index contributed by atoms with van der Waals surface area (Å²) in [5.74, 6) is 0. The van der Waals surface area contributed by atoms with Gasteiger partial charge in [0, 0.05) is 48.3 Å². The van der Waals surface area contributed by atoms with E-state index in [1.807, 2.05) is 0 Å². The molecule has 0 N–H and O–H groups in total. The fraction of sp³-hybridized carbons (Fsp3) is 0.130. The molecule has 2 heteroatoms. The predicted octanol–water partition coefficient (Wildman–Crippen LogP) is 10.8. The third-order valence-electron chi connectivity index (χ3n) is 11.1. The summed E-state index contributed by atoms with van der Waals surface area (Å²) in [5.41, 5.74) is 17.0. The number of hydrogen-bond acceptors (Lipinski definition) is 0. The number of para-hydroxylation sites is 1. The summed E-state index contributed by atoms with van der Waals surface area (Å²) in [7, 11) is 0. The van der Waals surface area contributed by atoms with Crippen molar-refractivity contribution in [1.29, 1.82) is 0 Å². The van der Waals surface area contributed by atoms with Gasteiger partial charge in [-0.15, -0.1) is 0 Å². The maximum absolute atomic E-state index is 2.59. The van der Waals surface area contributed by atoms with E-state index in [0.29, 0.717) is 0 Å². The molecular weight excluding hydrogens is 581 g/mol. The summed E-state index contributed by atoms with van der Waals surface area (Å²) in [6, 6.07) is 37.4. The van der Waals surface area contributed by atoms with Gasteiger partial charge >= 0.3 is 0 Å². The lowest BCUT2D eigenvalue weighted by atomic mass is 9.94. The first kappa shape index (κ1) is 26.5. The Morgan fingerprint density at radius 1 is 0.438 bits per heavy atom. The maximum atomic E-state index is 2.59. The van der Waals surface area contributed by atoms with Crippen LogP contribution in [0.2, 0.25) is 0 Å². The highest BCUT2D eigenvalue weighted by molar-refractivity contribution is 6.29. The molecule has 0 amide bonds. The molecule has 48 heavy (non-hydrogen) atoms. The molecule has 0 spiro atoms. The van der Waals surface area contributed by atoms with Gasteiger partial charge < -0.3 is 8.80 Å². The van der Waals surface area contributed by atoms with E-state index in [1.165, 1.54) is 120 Å². The molecule has 4 heterocycles. The highest BCUT2D eigenvalue weighted by Crippen LogP contribution is 2.46. The fourth-order valence-electron chi connectivity index (χ4n) is 9.47. The molecule has 0 radical (unpaired) electrons. The van der Waals surface area contributed by atoms with Gasteiger partial charge in [0.2, 0.25) is 0 Å². The summed E-state index contributed by atoms with van der Waals surface area (Å²) in [6.45, 7) is 8.83. The van der Waals surface area contributed by atoms with Gasteiger partial charge in [0.05, 0.1) is 27.6 Å². The van der Waals surface area contributed by atoms with Crippen molar-refractivity contribution in [2.24, 2.45) is 0 Å². The number of nitrogens with zero attached hydrogens (tertiary/aromatic N) is 2. The van der Waals surface area contributed by atoms with Crippen molar-refractivity contribution in [1.82, 2.24) is 8.80 Å². The van der Waals surface area contributed by atoms with Gasteiger partial charge in [-0.2, -0.15) is 0 Å². The van der Waals surface area contributed by atoms with Gasteiger partial charge in [0.15, 0.2) is 0 Å². The van der Waals surface area contributed by atoms with E-state index in [-0.39, 0.29) is 0 Å². The van der Waals surface area contributed by atoms with Gasteiger partial charge in [-0.05, 0) is 81.0 Å². The van der Waals surface area contributed by atoms with Gasteiger partial charge in [-0.3, -0.25) is 0 Å². The lowest BCUT2D eigenvalue weighted by Gasteiger charge is -2.08. The van der Waals surface area contributed by atoms with Crippen molar-refractivity contribution >= 4 is 77.4 Å². The van der Waals surface area contributed by atoms with Gasteiger partial charge in [0.25, 0.3) is 0 Å². The number of rotatable bonds is 2. The van der Waals surface area contributed by atoms with Crippen molar-refractivity contribution in [2.75, 3.05) is 0 Å². The first-order valence-electron chi connectivity index (χ1n) is 17.3. The molecule has 1 aliphatic rings. The van der Waals surface area contributed by atoms with Crippen LogP contribution in [0.4, 0.5) is 0 Å². The molecule has 0 fully saturated rings. The van der Waals surface area contributed by atoms with Gasteiger partial charge in [0.1, 0.15) is 0 Å². The highest BCUT2D eigenvalue weighted by atomic mass is 14.9. The van der Waals surface area contributed by atoms with E-state index < -0.39 is 0 Å². The molecule has 0 saturated carbocycles. The number of fused-ring (bicyclic) bond motifs is 12. The van der Waals surface area contributed by atoms with Crippen LogP contribution in [-0.4, -0.2) is 8.80 Å². The Morgan fingerprint density at radius 2 is 0.979 bits per heavy atom. The molecule has 0 atom stereocenters. The Hall–Kier alpha value is -5.60. The molecule has 2 nitrogen and oxygen atoms in total. The van der Waals surface area contributed by atoms with Crippen LogP contribution in [0.1, 0.15) is 35.1 Å². The standard InChI is InChI=1S/C46H34N2/c1-25-17-26(2)20-29(19-25)31-13-15-33-37-23-42-38(24-41(37)47-39-11-7-5-9-35(39)43(31)45(33)47)34-16-14-32(30-21-27(3)18-28(4)22-30)44-36-10-6-8-12-40(36)48(42)46(34)44/h5,7,9-24H,6,8H2,1-4H3. The molecule has 10 aromatic rings. The number of benzene rings is 6. The normalized spacial score (nSPS) is 13.6. The lowest BCUT2D eigenvalue weighted by Crippen LogP contribution is -2.27. The van der Waals surface area contributed by atoms with Gasteiger partial charge in [-0.1, -0.05) is 113 Å². The van der Waals surface area contributed by atoms with Crippen molar-refractivity contribution < 1.29 is 0 Å². The van der Waals surface area contributed by atoms with E-state index in [9.17, 15) is 0 Å². The molecular formula is C46H34N2. The largest absolute Gasteiger partial charge is 0.308 e. The molecule has 4 aromatic heterocycles. The first-order chi connectivity index (χ1) is 23.4. The second-order valence-electron chi connectivity index (χ2n) is 14.4. The van der Waals surface area contributed by atoms with Crippen molar-refractivity contribution in [3.05, 3.63) is 130 Å². The van der Waals surface area contributed by atoms with Crippen molar-refractivity contribution in [3.8, 4) is 22.3 Å². The summed E-state index contributed by atoms with van der Waals surface area (Å²) >= 11 is 0. The van der Waals surface area contributed by atoms with E-state index in [1.54, 1.807) is 0 Å². The number of aryl methyl sites for hydroxylation is 4. The third kappa shape index (κ3) is 3.27. The summed E-state index contributed by atoms with van der Waals surface area (Å²) in [4.78, 5) is 0. The smallest absolute Gasteiger partial charge is 0.0626 e. The maximum Gasteiger partial charge on any atom is 0.0626 e. The SMILES string of the molecule is Cc1cc(C)cc(-c2ccc3c4cc5c(cc4n4c6c(c2c34)=CCCC=6)c2ccc(-c3cc(C)cc(C)c3)c3c4ccccc4n5c23)c1. The number of aromatic nitrogens is 2. The van der Waals surface area contributed by atoms with Crippen LogP contribution in [-0.2, 0) is 0 Å². The van der Waals surface area contributed by atoms with E-state index >= 15 is 0 Å². The summed E-state index contributed by atoms with van der Waals surface area (Å²) in [5, 5.41) is 12.1. The fourth-order valence-corrected chi connectivity index (χ4v) is 9.47. The zero-order valence-electron chi connectivity index (χ0n) is 27.7. The van der Waals surface area contributed by atoms with Crippen LogP contribution in [0, 0.1) is 27.7 Å². The minimum Gasteiger partial charge on any atom is -0.308 e. The Labute approximate surface area is 278 Å². The average molecular weight is 615 g/mol. The van der Waals surface area contributed by atoms with E-state index in [4.69, 9.17) is 0 Å². The van der Waals surface area contributed by atoms with E-state index in [2.05, 4.69) is 146 Å². The quantitative estimate of drug-likeness (QED) is 0.183. The molecule has 228 valence electrons. The van der Waals surface area contributed by atoms with Crippen LogP contribution in [0.25, 0.3) is 99.7 Å². The molecule has 0 aliphatic heterocycles. The minimum atomic E-state index is 1.08. The van der Waals surface area contributed by atoms with E-state index in [0.717, 1.165) is 12.8 Å². The molecule has 0 unspecified atom stereocenters. The monoisotopic (exact) mass is 614 g/mol. The van der Waals surface area contributed by atoms with Crippen LogP contribution in [0.3, 0.4) is 0 Å². The molecule has 0 bridgehead atoms. The molecule has 0 saturated heterocycles. The first-order valence-corrected chi connectivity index (χ1v) is 17.3. The molecule has 11 rings (SSSR count). The Kier molecular flexibility index (Phi) is 4.99. The van der Waals surface area contributed by atoms with Crippen LogP contribution < -0.4 is 10.6 Å². The van der Waals surface area contributed by atoms with Crippen molar-refractivity contribution in [2.45, 2.75) is 40.5 Å². The second-order valence-corrected chi connectivity index (χ2v) is 14.4. The van der Waals surface area contributed by atoms with Crippen LogP contribution in [0.5, 0.6) is 0 Å². The topological polar surface area (TPSA) is 8.82 Å². The highest BCUT2D eigenvalue weighted by Gasteiger charge is 2.24. The Morgan fingerprint density at radius 3 is 1.62 bits per heavy atom. The Balaban J connectivity index is 1.31. The third-order valence-corrected chi connectivity index (χ3v) is 11.1. The predicted molar refractivity (Wildman–Crippen MR) is 205 cm³/mol. The van der Waals surface area contributed by atoms with Crippen LogP contribution in [0.15, 0.2) is 97.1 Å². The molecule has 1 aliphatic carbocycles. The second kappa shape index (κ2) is 9.05. The zero-order valence-corrected chi connectivity index (χ0v) is 27.7.